The molecule has 1 aliphatic rings. The average molecular weight is 164 g/mol. The Kier molecular flexibility index (Phi) is 2.17. The summed E-state index contributed by atoms with van der Waals surface area (Å²) >= 11 is 0. The standard InChI is InChI=1S/C6H12O5/c1-6(10)5(9)4(8)3(2-7)11-6/h3-5,7-10H,2H2,1H3/t3-,4-,5+,6-/m1/s1. The minimum absolute atomic E-state index is 0.422. The summed E-state index contributed by atoms with van der Waals surface area (Å²) in [6, 6.07) is 0. The fraction of sp³-hybridized carbons (Fsp3) is 1.00. The Morgan fingerprint density at radius 2 is 2.00 bits per heavy atom. The molecule has 0 spiro atoms. The van der Waals surface area contributed by atoms with Crippen molar-refractivity contribution in [2.75, 3.05) is 6.61 Å². The lowest BCUT2D eigenvalue weighted by molar-refractivity contribution is -0.217. The molecule has 0 saturated carbocycles. The Bertz CT molecular complexity index is 146. The molecule has 0 amide bonds. The first kappa shape index (κ1) is 8.89. The molecule has 66 valence electrons. The summed E-state index contributed by atoms with van der Waals surface area (Å²) in [4.78, 5) is 0. The second kappa shape index (κ2) is 2.69. The second-order valence-corrected chi connectivity index (χ2v) is 2.83. The molecule has 4 N–H and O–H groups in total. The van der Waals surface area contributed by atoms with Crippen molar-refractivity contribution in [2.24, 2.45) is 0 Å². The maximum Gasteiger partial charge on any atom is 0.192 e. The molecular formula is C6H12O5. The van der Waals surface area contributed by atoms with Crippen LogP contribution in [-0.4, -0.2) is 51.1 Å². The van der Waals surface area contributed by atoms with Gasteiger partial charge in [0.05, 0.1) is 6.61 Å². The van der Waals surface area contributed by atoms with Crippen LogP contribution in [0, 0.1) is 0 Å². The van der Waals surface area contributed by atoms with E-state index >= 15 is 0 Å². The highest BCUT2D eigenvalue weighted by atomic mass is 16.7. The molecule has 4 atom stereocenters. The Labute approximate surface area is 63.8 Å². The molecule has 0 aromatic heterocycles. The fourth-order valence-corrected chi connectivity index (χ4v) is 1.11. The van der Waals surface area contributed by atoms with Crippen LogP contribution < -0.4 is 0 Å². The Hall–Kier alpha value is -0.200. The molecule has 0 aliphatic carbocycles. The SMILES string of the molecule is C[C@@]1(O)O[C@H](CO)[C@@H](O)[C@@H]1O. The van der Waals surface area contributed by atoms with E-state index in [0.717, 1.165) is 0 Å². The molecule has 11 heavy (non-hydrogen) atoms. The topological polar surface area (TPSA) is 90.2 Å². The molecule has 1 heterocycles. The van der Waals surface area contributed by atoms with E-state index in [1.807, 2.05) is 0 Å². The van der Waals surface area contributed by atoms with Crippen molar-refractivity contribution in [1.29, 1.82) is 0 Å². The molecule has 1 saturated heterocycles. The Balaban J connectivity index is 2.69. The zero-order chi connectivity index (χ0) is 8.65. The lowest BCUT2D eigenvalue weighted by Crippen LogP contribution is -2.40. The van der Waals surface area contributed by atoms with E-state index in [1.165, 1.54) is 6.92 Å². The molecule has 0 radical (unpaired) electrons. The van der Waals surface area contributed by atoms with Crippen molar-refractivity contribution in [1.82, 2.24) is 0 Å². The van der Waals surface area contributed by atoms with Crippen LogP contribution in [0.1, 0.15) is 6.92 Å². The van der Waals surface area contributed by atoms with Crippen molar-refractivity contribution >= 4 is 0 Å². The number of ether oxygens (including phenoxy) is 1. The highest BCUT2D eigenvalue weighted by Crippen LogP contribution is 2.27. The van der Waals surface area contributed by atoms with E-state index < -0.39 is 30.7 Å². The Morgan fingerprint density at radius 3 is 2.18 bits per heavy atom. The summed E-state index contributed by atoms with van der Waals surface area (Å²) < 4.78 is 4.73. The van der Waals surface area contributed by atoms with Gasteiger partial charge >= 0.3 is 0 Å². The van der Waals surface area contributed by atoms with Crippen LogP contribution in [-0.2, 0) is 4.74 Å². The van der Waals surface area contributed by atoms with Gasteiger partial charge in [0.1, 0.15) is 18.3 Å². The zero-order valence-corrected chi connectivity index (χ0v) is 6.14. The van der Waals surface area contributed by atoms with Gasteiger partial charge in [-0.25, -0.2) is 0 Å². The van der Waals surface area contributed by atoms with Gasteiger partial charge in [-0.1, -0.05) is 0 Å². The second-order valence-electron chi connectivity index (χ2n) is 2.83. The zero-order valence-electron chi connectivity index (χ0n) is 6.14. The quantitative estimate of drug-likeness (QED) is 0.353. The molecular weight excluding hydrogens is 152 g/mol. The number of hydrogen-bond acceptors (Lipinski definition) is 5. The molecule has 0 unspecified atom stereocenters. The summed E-state index contributed by atoms with van der Waals surface area (Å²) in [7, 11) is 0. The van der Waals surface area contributed by atoms with Gasteiger partial charge in [0, 0.05) is 0 Å². The van der Waals surface area contributed by atoms with Crippen LogP contribution in [0.15, 0.2) is 0 Å². The van der Waals surface area contributed by atoms with Crippen molar-refractivity contribution in [3.05, 3.63) is 0 Å². The van der Waals surface area contributed by atoms with Gasteiger partial charge < -0.3 is 25.2 Å². The minimum atomic E-state index is -1.76. The number of rotatable bonds is 1. The summed E-state index contributed by atoms with van der Waals surface area (Å²) in [6.07, 6.45) is -3.49. The lowest BCUT2D eigenvalue weighted by Gasteiger charge is -2.19. The van der Waals surface area contributed by atoms with Gasteiger partial charge in [0.25, 0.3) is 0 Å². The maximum absolute atomic E-state index is 9.19. The normalized spacial score (nSPS) is 51.5. The maximum atomic E-state index is 9.19. The van der Waals surface area contributed by atoms with E-state index in [1.54, 1.807) is 0 Å². The van der Waals surface area contributed by atoms with Gasteiger partial charge in [-0.05, 0) is 6.92 Å². The average Bonchev–Trinajstić information content (AvgIpc) is 2.13. The van der Waals surface area contributed by atoms with E-state index in [0.29, 0.717) is 0 Å². The van der Waals surface area contributed by atoms with E-state index in [-0.39, 0.29) is 0 Å². The van der Waals surface area contributed by atoms with Crippen molar-refractivity contribution in [3.8, 4) is 0 Å². The van der Waals surface area contributed by atoms with Crippen LogP contribution >= 0.6 is 0 Å². The summed E-state index contributed by atoms with van der Waals surface area (Å²) in [6.45, 7) is 0.810. The van der Waals surface area contributed by atoms with Crippen LogP contribution in [0.5, 0.6) is 0 Å². The first-order valence-electron chi connectivity index (χ1n) is 3.36. The highest BCUT2D eigenvalue weighted by Gasteiger charge is 2.49. The van der Waals surface area contributed by atoms with Crippen molar-refractivity contribution in [2.45, 2.75) is 31.0 Å². The van der Waals surface area contributed by atoms with Crippen LogP contribution in [0.4, 0.5) is 0 Å². The molecule has 1 rings (SSSR count). The highest BCUT2D eigenvalue weighted by molar-refractivity contribution is 4.92. The molecule has 5 heteroatoms. The van der Waals surface area contributed by atoms with E-state index in [9.17, 15) is 5.11 Å². The fourth-order valence-electron chi connectivity index (χ4n) is 1.11. The van der Waals surface area contributed by atoms with Gasteiger partial charge in [-0.2, -0.15) is 0 Å². The molecule has 1 aliphatic heterocycles. The first-order chi connectivity index (χ1) is 4.99. The summed E-state index contributed by atoms with van der Waals surface area (Å²) in [5.41, 5.74) is 0. The molecule has 0 aromatic rings. The number of hydrogen-bond donors (Lipinski definition) is 4. The summed E-state index contributed by atoms with van der Waals surface area (Å²) in [5.74, 6) is -1.76. The molecule has 1 fully saturated rings. The third-order valence-corrected chi connectivity index (χ3v) is 1.82. The third kappa shape index (κ3) is 1.38. The Morgan fingerprint density at radius 1 is 1.45 bits per heavy atom. The van der Waals surface area contributed by atoms with Crippen LogP contribution in [0.3, 0.4) is 0 Å². The van der Waals surface area contributed by atoms with Gasteiger partial charge in [0.15, 0.2) is 5.79 Å². The van der Waals surface area contributed by atoms with Crippen LogP contribution in [0.25, 0.3) is 0 Å². The van der Waals surface area contributed by atoms with E-state index in [2.05, 4.69) is 0 Å². The monoisotopic (exact) mass is 164 g/mol. The summed E-state index contributed by atoms with van der Waals surface area (Å²) in [5, 5.41) is 36.0. The first-order valence-corrected chi connectivity index (χ1v) is 3.36. The van der Waals surface area contributed by atoms with Crippen molar-refractivity contribution in [3.63, 3.8) is 0 Å². The van der Waals surface area contributed by atoms with E-state index in [4.69, 9.17) is 20.1 Å². The lowest BCUT2D eigenvalue weighted by atomic mass is 10.1. The predicted molar refractivity (Wildman–Crippen MR) is 34.6 cm³/mol. The molecule has 0 bridgehead atoms. The number of aliphatic hydroxyl groups excluding tert-OH is 3. The third-order valence-electron chi connectivity index (χ3n) is 1.82. The van der Waals surface area contributed by atoms with Gasteiger partial charge in [-0.3, -0.25) is 0 Å². The van der Waals surface area contributed by atoms with Gasteiger partial charge in [-0.15, -0.1) is 0 Å². The van der Waals surface area contributed by atoms with Crippen molar-refractivity contribution < 1.29 is 25.2 Å². The van der Waals surface area contributed by atoms with Crippen LogP contribution in [0.2, 0.25) is 0 Å². The van der Waals surface area contributed by atoms with Gasteiger partial charge in [0.2, 0.25) is 0 Å². The molecule has 0 aromatic carbocycles. The largest absolute Gasteiger partial charge is 0.394 e. The predicted octanol–water partition coefficient (Wildman–Crippen LogP) is -2.19. The number of aliphatic hydroxyl groups is 4. The molecule has 5 nitrogen and oxygen atoms in total. The smallest absolute Gasteiger partial charge is 0.192 e. The minimum Gasteiger partial charge on any atom is -0.394 e.